The van der Waals surface area contributed by atoms with E-state index in [4.69, 9.17) is 0 Å². The second kappa shape index (κ2) is 8.66. The highest BCUT2D eigenvalue weighted by atomic mass is 32.2. The van der Waals surface area contributed by atoms with Crippen LogP contribution in [0.2, 0.25) is 0 Å². The minimum Gasteiger partial charge on any atom is -0.358 e. The van der Waals surface area contributed by atoms with Gasteiger partial charge in [0.2, 0.25) is 11.8 Å². The van der Waals surface area contributed by atoms with Crippen LogP contribution in [-0.2, 0) is 16.1 Å². The number of carbonyl (C=O) groups excluding carboxylic acids is 2. The van der Waals surface area contributed by atoms with Gasteiger partial charge in [0.05, 0.1) is 17.6 Å². The van der Waals surface area contributed by atoms with Gasteiger partial charge in [-0.1, -0.05) is 12.1 Å². The van der Waals surface area contributed by atoms with Crippen molar-refractivity contribution in [2.75, 3.05) is 39.8 Å². The van der Waals surface area contributed by atoms with Gasteiger partial charge in [0, 0.05) is 33.2 Å². The summed E-state index contributed by atoms with van der Waals surface area (Å²) < 4.78 is 27.3. The van der Waals surface area contributed by atoms with Crippen LogP contribution in [0.1, 0.15) is 0 Å². The summed E-state index contributed by atoms with van der Waals surface area (Å²) in [4.78, 5) is 32.1. The minimum atomic E-state index is -2.61. The maximum Gasteiger partial charge on any atom is 0.291 e. The van der Waals surface area contributed by atoms with Crippen LogP contribution in [0, 0.1) is 0 Å². The van der Waals surface area contributed by atoms with E-state index in [0.717, 1.165) is 0 Å². The molecule has 7 nitrogen and oxygen atoms in total. The van der Waals surface area contributed by atoms with Crippen molar-refractivity contribution in [1.82, 2.24) is 24.7 Å². The number of thioether (sulfide) groups is 1. The van der Waals surface area contributed by atoms with E-state index in [-0.39, 0.29) is 23.5 Å². The number of para-hydroxylation sites is 2. The van der Waals surface area contributed by atoms with Crippen LogP contribution in [0.5, 0.6) is 0 Å². The number of amides is 2. The van der Waals surface area contributed by atoms with Gasteiger partial charge in [-0.2, -0.15) is 8.78 Å². The van der Waals surface area contributed by atoms with Crippen molar-refractivity contribution in [2.24, 2.45) is 0 Å². The molecule has 0 radical (unpaired) electrons. The monoisotopic (exact) mass is 397 g/mol. The highest BCUT2D eigenvalue weighted by molar-refractivity contribution is 7.99. The number of nitrogens with one attached hydrogen (secondary N) is 1. The Balaban J connectivity index is 1.68. The lowest BCUT2D eigenvalue weighted by molar-refractivity contribution is -0.133. The number of hydrogen-bond acceptors (Lipinski definition) is 5. The van der Waals surface area contributed by atoms with Gasteiger partial charge >= 0.3 is 0 Å². The molecule has 10 heteroatoms. The van der Waals surface area contributed by atoms with E-state index in [2.05, 4.69) is 10.3 Å². The van der Waals surface area contributed by atoms with Crippen molar-refractivity contribution in [3.05, 3.63) is 24.3 Å². The zero-order chi connectivity index (χ0) is 19.4. The fourth-order valence-corrected chi connectivity index (χ4v) is 3.65. The average Bonchev–Trinajstić information content (AvgIpc) is 2.98. The lowest BCUT2D eigenvalue weighted by Gasteiger charge is -2.34. The molecule has 1 aromatic heterocycles. The zero-order valence-electron chi connectivity index (χ0n) is 14.9. The number of rotatable bonds is 6. The molecule has 0 bridgehead atoms. The van der Waals surface area contributed by atoms with Crippen molar-refractivity contribution in [1.29, 1.82) is 0 Å². The third-order valence-corrected chi connectivity index (χ3v) is 5.18. The first-order chi connectivity index (χ1) is 13.0. The second-order valence-electron chi connectivity index (χ2n) is 6.18. The summed E-state index contributed by atoms with van der Waals surface area (Å²) in [6, 6.07) is 7.08. The molecule has 1 aliphatic heterocycles. The lowest BCUT2D eigenvalue weighted by Crippen LogP contribution is -2.51. The van der Waals surface area contributed by atoms with Gasteiger partial charge in [0.15, 0.2) is 5.16 Å². The Hall–Kier alpha value is -2.20. The molecule has 2 amide bonds. The van der Waals surface area contributed by atoms with Gasteiger partial charge in [-0.05, 0) is 23.9 Å². The van der Waals surface area contributed by atoms with Crippen molar-refractivity contribution >= 4 is 34.6 Å². The maximum absolute atomic E-state index is 12.9. The zero-order valence-corrected chi connectivity index (χ0v) is 15.7. The number of imidazole rings is 1. The Bertz CT molecular complexity index is 821. The number of piperazine rings is 1. The Labute approximate surface area is 159 Å². The van der Waals surface area contributed by atoms with Gasteiger partial charge in [0.25, 0.3) is 5.76 Å². The molecule has 1 aromatic carbocycles. The van der Waals surface area contributed by atoms with Gasteiger partial charge in [-0.3, -0.25) is 14.5 Å². The molecule has 27 heavy (non-hydrogen) atoms. The smallest absolute Gasteiger partial charge is 0.291 e. The first-order valence-corrected chi connectivity index (χ1v) is 9.46. The molecular formula is C17H21F2N5O2S. The normalized spacial score (nSPS) is 15.5. The van der Waals surface area contributed by atoms with E-state index in [1.807, 2.05) is 4.90 Å². The van der Waals surface area contributed by atoms with Gasteiger partial charge in [0.1, 0.15) is 6.54 Å². The molecule has 3 rings (SSSR count). The highest BCUT2D eigenvalue weighted by Crippen LogP contribution is 2.28. The summed E-state index contributed by atoms with van der Waals surface area (Å²) in [5, 5.41) is 2.72. The maximum atomic E-state index is 12.9. The van der Waals surface area contributed by atoms with Gasteiger partial charge in [-0.25, -0.2) is 4.98 Å². The number of aromatic nitrogens is 2. The molecule has 0 aliphatic carbocycles. The standard InChI is InChI=1S/C17H21F2N5O2S/c1-20-14(25)10-22-6-8-23(9-7-22)15(26)11-24-13-5-3-2-4-12(13)21-17(24)27-16(18)19/h2-5,16H,6-11H2,1H3,(H,20,25). The second-order valence-corrected chi connectivity index (χ2v) is 7.14. The summed E-state index contributed by atoms with van der Waals surface area (Å²) in [6.45, 7) is 2.47. The number of benzene rings is 1. The molecule has 2 aromatic rings. The lowest BCUT2D eigenvalue weighted by atomic mass is 10.3. The van der Waals surface area contributed by atoms with Crippen LogP contribution in [0.4, 0.5) is 8.78 Å². The topological polar surface area (TPSA) is 70.5 Å². The van der Waals surface area contributed by atoms with E-state index in [1.165, 1.54) is 0 Å². The quantitative estimate of drug-likeness (QED) is 0.743. The largest absolute Gasteiger partial charge is 0.358 e. The Kier molecular flexibility index (Phi) is 6.27. The minimum absolute atomic E-state index is 0.0367. The molecule has 0 spiro atoms. The Morgan fingerprint density at radius 2 is 1.89 bits per heavy atom. The van der Waals surface area contributed by atoms with E-state index >= 15 is 0 Å². The van der Waals surface area contributed by atoms with Crippen LogP contribution in [0.25, 0.3) is 11.0 Å². The predicted molar refractivity (Wildman–Crippen MR) is 98.7 cm³/mol. The van der Waals surface area contributed by atoms with Gasteiger partial charge in [-0.15, -0.1) is 0 Å². The Morgan fingerprint density at radius 1 is 1.19 bits per heavy atom. The fourth-order valence-electron chi connectivity index (χ4n) is 3.05. The predicted octanol–water partition coefficient (Wildman–Crippen LogP) is 1.24. The number of hydrogen-bond donors (Lipinski definition) is 1. The van der Waals surface area contributed by atoms with Crippen molar-refractivity contribution in [2.45, 2.75) is 17.5 Å². The summed E-state index contributed by atoms with van der Waals surface area (Å²) in [5.41, 5.74) is 1.25. The molecule has 146 valence electrons. The SMILES string of the molecule is CNC(=O)CN1CCN(C(=O)Cn2c(SC(F)F)nc3ccccc32)CC1. The first-order valence-electron chi connectivity index (χ1n) is 8.58. The number of alkyl halides is 2. The number of nitrogens with zero attached hydrogens (tertiary/aromatic N) is 4. The summed E-state index contributed by atoms with van der Waals surface area (Å²) >= 11 is 0.344. The van der Waals surface area contributed by atoms with Crippen LogP contribution in [0.3, 0.4) is 0 Å². The van der Waals surface area contributed by atoms with Crippen LogP contribution >= 0.6 is 11.8 Å². The van der Waals surface area contributed by atoms with Gasteiger partial charge < -0.3 is 14.8 Å². The van der Waals surface area contributed by atoms with Crippen molar-refractivity contribution in [3.63, 3.8) is 0 Å². The number of halogens is 2. The molecule has 0 atom stereocenters. The third kappa shape index (κ3) is 4.75. The highest BCUT2D eigenvalue weighted by Gasteiger charge is 2.24. The van der Waals surface area contributed by atoms with Crippen LogP contribution in [0.15, 0.2) is 29.4 Å². The molecular weight excluding hydrogens is 376 g/mol. The number of fused-ring (bicyclic) bond motifs is 1. The van der Waals surface area contributed by atoms with E-state index in [1.54, 1.807) is 40.8 Å². The molecule has 0 saturated carbocycles. The third-order valence-electron chi connectivity index (χ3n) is 4.48. The van der Waals surface area contributed by atoms with E-state index < -0.39 is 5.76 Å². The number of likely N-dealkylation sites (N-methyl/N-ethyl adjacent to an activating group) is 1. The molecule has 2 heterocycles. The summed E-state index contributed by atoms with van der Waals surface area (Å²) in [5.74, 6) is -2.81. The average molecular weight is 397 g/mol. The molecule has 1 N–H and O–H groups in total. The fraction of sp³-hybridized carbons (Fsp3) is 0.471. The summed E-state index contributed by atoms with van der Waals surface area (Å²) in [6.07, 6.45) is 0. The van der Waals surface area contributed by atoms with Crippen molar-refractivity contribution < 1.29 is 18.4 Å². The van der Waals surface area contributed by atoms with Crippen LogP contribution < -0.4 is 5.32 Å². The molecule has 1 fully saturated rings. The first kappa shape index (κ1) is 19.6. The molecule has 1 saturated heterocycles. The Morgan fingerprint density at radius 3 is 2.56 bits per heavy atom. The number of carbonyl (C=O) groups is 2. The van der Waals surface area contributed by atoms with E-state index in [0.29, 0.717) is 55.5 Å². The van der Waals surface area contributed by atoms with Crippen LogP contribution in [-0.4, -0.2) is 76.7 Å². The van der Waals surface area contributed by atoms with E-state index in [9.17, 15) is 18.4 Å². The molecule has 1 aliphatic rings. The van der Waals surface area contributed by atoms with Crippen molar-refractivity contribution in [3.8, 4) is 0 Å². The molecule has 0 unspecified atom stereocenters. The summed E-state index contributed by atoms with van der Waals surface area (Å²) in [7, 11) is 1.59.